The minimum atomic E-state index is -1.31. The van der Waals surface area contributed by atoms with Crippen molar-refractivity contribution in [3.8, 4) is 5.75 Å². The highest BCUT2D eigenvalue weighted by molar-refractivity contribution is 6.09. The van der Waals surface area contributed by atoms with Crippen LogP contribution in [0.1, 0.15) is 18.9 Å². The lowest BCUT2D eigenvalue weighted by Gasteiger charge is -2.22. The fourth-order valence-corrected chi connectivity index (χ4v) is 2.72. The van der Waals surface area contributed by atoms with Crippen LogP contribution < -0.4 is 21.1 Å². The molecule has 2 rings (SSSR count). The molecule has 1 aromatic rings. The van der Waals surface area contributed by atoms with E-state index in [-0.39, 0.29) is 13.2 Å². The summed E-state index contributed by atoms with van der Waals surface area (Å²) >= 11 is 0. The van der Waals surface area contributed by atoms with Gasteiger partial charge in [-0.3, -0.25) is 19.3 Å². The molecule has 28 heavy (non-hydrogen) atoms. The summed E-state index contributed by atoms with van der Waals surface area (Å²) < 4.78 is 10.1. The van der Waals surface area contributed by atoms with Gasteiger partial charge >= 0.3 is 6.03 Å². The summed E-state index contributed by atoms with van der Waals surface area (Å²) in [5, 5.41) is 5.26. The maximum atomic E-state index is 12.8. The van der Waals surface area contributed by atoms with Crippen LogP contribution in [0.15, 0.2) is 24.3 Å². The number of hydrogen-bond donors (Lipinski definition) is 3. The van der Waals surface area contributed by atoms with E-state index in [0.717, 1.165) is 4.90 Å². The van der Waals surface area contributed by atoms with Gasteiger partial charge in [-0.25, -0.2) is 4.79 Å². The van der Waals surface area contributed by atoms with E-state index >= 15 is 0 Å². The Bertz CT molecular complexity index is 751. The Morgan fingerprint density at radius 1 is 1.25 bits per heavy atom. The second-order valence-electron chi connectivity index (χ2n) is 6.42. The van der Waals surface area contributed by atoms with Gasteiger partial charge in [-0.15, -0.1) is 0 Å². The molecule has 1 aromatic carbocycles. The third kappa shape index (κ3) is 4.97. The molecular formula is C18H24N4O6. The van der Waals surface area contributed by atoms with Crippen LogP contribution in [0.5, 0.6) is 5.75 Å². The summed E-state index contributed by atoms with van der Waals surface area (Å²) in [6.07, 6.45) is 0.629. The van der Waals surface area contributed by atoms with Crippen molar-refractivity contribution in [1.29, 1.82) is 0 Å². The van der Waals surface area contributed by atoms with E-state index in [9.17, 15) is 19.2 Å². The summed E-state index contributed by atoms with van der Waals surface area (Å²) in [4.78, 5) is 48.7. The average molecular weight is 392 g/mol. The van der Waals surface area contributed by atoms with Gasteiger partial charge in [0.05, 0.1) is 0 Å². The number of urea groups is 1. The van der Waals surface area contributed by atoms with Crippen molar-refractivity contribution < 1.29 is 28.7 Å². The first-order chi connectivity index (χ1) is 13.3. The quantitative estimate of drug-likeness (QED) is 0.361. The number of amides is 5. The van der Waals surface area contributed by atoms with E-state index in [1.165, 1.54) is 0 Å². The molecule has 0 bridgehead atoms. The number of nitrogens with zero attached hydrogens (tertiary/aromatic N) is 1. The molecule has 10 nitrogen and oxygen atoms in total. The molecule has 0 aromatic heterocycles. The SMILES string of the molecule is COCCCNC(=O)CN1C(=O)N[C@@](C)(c2ccc(OCC(N)=O)cc2)C1=O. The Hall–Kier alpha value is -3.14. The molecule has 0 aliphatic carbocycles. The molecule has 1 atom stereocenters. The molecule has 1 heterocycles. The van der Waals surface area contributed by atoms with Crippen LogP contribution in [0.2, 0.25) is 0 Å². The van der Waals surface area contributed by atoms with Crippen LogP contribution in [0.4, 0.5) is 4.79 Å². The Balaban J connectivity index is 2.02. The van der Waals surface area contributed by atoms with E-state index in [1.807, 2.05) is 0 Å². The van der Waals surface area contributed by atoms with Crippen LogP contribution in [0.3, 0.4) is 0 Å². The van der Waals surface area contributed by atoms with Gasteiger partial charge in [0.1, 0.15) is 17.8 Å². The zero-order chi connectivity index (χ0) is 20.7. The van der Waals surface area contributed by atoms with E-state index < -0.39 is 29.3 Å². The molecule has 10 heteroatoms. The number of methoxy groups -OCH3 is 1. The van der Waals surface area contributed by atoms with Gasteiger partial charge in [0.2, 0.25) is 5.91 Å². The van der Waals surface area contributed by atoms with Crippen molar-refractivity contribution in [2.24, 2.45) is 5.73 Å². The molecule has 0 spiro atoms. The first kappa shape index (κ1) is 21.2. The average Bonchev–Trinajstić information content (AvgIpc) is 2.88. The third-order valence-electron chi connectivity index (χ3n) is 4.24. The molecule has 1 aliphatic rings. The molecule has 1 saturated heterocycles. The number of primary amides is 1. The van der Waals surface area contributed by atoms with E-state index in [2.05, 4.69) is 10.6 Å². The third-order valence-corrected chi connectivity index (χ3v) is 4.24. The molecule has 0 radical (unpaired) electrons. The van der Waals surface area contributed by atoms with Crippen LogP contribution >= 0.6 is 0 Å². The van der Waals surface area contributed by atoms with Crippen molar-refractivity contribution in [3.05, 3.63) is 29.8 Å². The Morgan fingerprint density at radius 2 is 1.93 bits per heavy atom. The van der Waals surface area contributed by atoms with Gasteiger partial charge in [-0.1, -0.05) is 12.1 Å². The smallest absolute Gasteiger partial charge is 0.325 e. The van der Waals surface area contributed by atoms with Crippen molar-refractivity contribution >= 4 is 23.8 Å². The summed E-state index contributed by atoms with van der Waals surface area (Å²) in [5.74, 6) is -1.17. The van der Waals surface area contributed by atoms with Gasteiger partial charge in [0, 0.05) is 20.3 Å². The minimum absolute atomic E-state index is 0.264. The molecule has 152 valence electrons. The summed E-state index contributed by atoms with van der Waals surface area (Å²) in [6, 6.07) is 5.68. The fraction of sp³-hybridized carbons (Fsp3) is 0.444. The second-order valence-corrected chi connectivity index (χ2v) is 6.42. The summed E-state index contributed by atoms with van der Waals surface area (Å²) in [7, 11) is 1.56. The van der Waals surface area contributed by atoms with E-state index in [0.29, 0.717) is 30.9 Å². The minimum Gasteiger partial charge on any atom is -0.484 e. The normalized spacial score (nSPS) is 18.7. The standard InChI is InChI=1S/C18H24N4O6/c1-18(12-4-6-13(7-5-12)28-11-14(19)23)16(25)22(17(26)21-18)10-15(24)20-8-3-9-27-2/h4-7H,3,8-11H2,1-2H3,(H2,19,23)(H,20,24)(H,21,26)/t18-/m0/s1. The number of nitrogens with two attached hydrogens (primary N) is 1. The predicted octanol–water partition coefficient (Wildman–Crippen LogP) is -0.530. The molecule has 4 N–H and O–H groups in total. The molecule has 0 saturated carbocycles. The number of hydrogen-bond acceptors (Lipinski definition) is 6. The van der Waals surface area contributed by atoms with Gasteiger partial charge in [0.25, 0.3) is 11.8 Å². The number of imide groups is 1. The largest absolute Gasteiger partial charge is 0.484 e. The lowest BCUT2D eigenvalue weighted by Crippen LogP contribution is -2.43. The Labute approximate surface area is 162 Å². The van der Waals surface area contributed by atoms with Gasteiger partial charge in [-0.2, -0.15) is 0 Å². The highest BCUT2D eigenvalue weighted by Crippen LogP contribution is 2.29. The maximum absolute atomic E-state index is 12.8. The lowest BCUT2D eigenvalue weighted by atomic mass is 9.92. The summed E-state index contributed by atoms with van der Waals surface area (Å²) in [5.41, 5.74) is 4.23. The number of carbonyl (C=O) groups is 4. The molecular weight excluding hydrogens is 368 g/mol. The van der Waals surface area contributed by atoms with Crippen molar-refractivity contribution in [2.75, 3.05) is 33.4 Å². The Kier molecular flexibility index (Phi) is 6.94. The number of rotatable bonds is 10. The zero-order valence-corrected chi connectivity index (χ0v) is 15.8. The van der Waals surface area contributed by atoms with Crippen LogP contribution in [-0.4, -0.2) is 62.1 Å². The fourth-order valence-electron chi connectivity index (χ4n) is 2.72. The van der Waals surface area contributed by atoms with E-state index in [1.54, 1.807) is 38.3 Å². The molecule has 0 unspecified atom stereocenters. The van der Waals surface area contributed by atoms with Gasteiger partial charge < -0.3 is 25.8 Å². The Morgan fingerprint density at radius 3 is 2.54 bits per heavy atom. The van der Waals surface area contributed by atoms with Crippen molar-refractivity contribution in [1.82, 2.24) is 15.5 Å². The highest BCUT2D eigenvalue weighted by atomic mass is 16.5. The second kappa shape index (κ2) is 9.18. The number of carbonyl (C=O) groups excluding carboxylic acids is 4. The lowest BCUT2D eigenvalue weighted by molar-refractivity contribution is -0.134. The first-order valence-corrected chi connectivity index (χ1v) is 8.69. The molecule has 1 aliphatic heterocycles. The van der Waals surface area contributed by atoms with Gasteiger partial charge in [0.15, 0.2) is 6.61 Å². The first-order valence-electron chi connectivity index (χ1n) is 8.69. The van der Waals surface area contributed by atoms with Crippen LogP contribution in [0, 0.1) is 0 Å². The van der Waals surface area contributed by atoms with Gasteiger partial charge in [-0.05, 0) is 31.0 Å². The number of benzene rings is 1. The maximum Gasteiger partial charge on any atom is 0.325 e. The highest BCUT2D eigenvalue weighted by Gasteiger charge is 2.49. The van der Waals surface area contributed by atoms with Crippen molar-refractivity contribution in [2.45, 2.75) is 18.9 Å². The topological polar surface area (TPSA) is 140 Å². The van der Waals surface area contributed by atoms with E-state index in [4.69, 9.17) is 15.2 Å². The molecule has 5 amide bonds. The van der Waals surface area contributed by atoms with Crippen molar-refractivity contribution in [3.63, 3.8) is 0 Å². The monoisotopic (exact) mass is 392 g/mol. The predicted molar refractivity (Wildman–Crippen MR) is 98.2 cm³/mol. The van der Waals surface area contributed by atoms with Crippen LogP contribution in [0.25, 0.3) is 0 Å². The number of nitrogens with one attached hydrogen (secondary N) is 2. The zero-order valence-electron chi connectivity index (χ0n) is 15.8. The van der Waals surface area contributed by atoms with Crippen LogP contribution in [-0.2, 0) is 24.7 Å². The molecule has 1 fully saturated rings. The summed E-state index contributed by atoms with van der Waals surface area (Å²) in [6.45, 7) is 1.82. The number of ether oxygens (including phenoxy) is 2.